The summed E-state index contributed by atoms with van der Waals surface area (Å²) in [7, 11) is 0. The van der Waals surface area contributed by atoms with Crippen molar-refractivity contribution < 1.29 is 18.4 Å². The summed E-state index contributed by atoms with van der Waals surface area (Å²) in [6.07, 6.45) is 2.18. The lowest BCUT2D eigenvalue weighted by atomic mass is 10.2. The standard InChI is InChI=1S/C22H21F2N5O2S/c23-17-9-8-16(10-18(17)24)26-19(30)11-25-20(31)13-32-22-28-27-21(15-6-7-15)29(22)12-14-4-2-1-3-5-14/h1-5,8-10,15H,6-7,11-13H2,(H,25,31)(H,26,30). The Morgan fingerprint density at radius 1 is 1.03 bits per heavy atom. The topological polar surface area (TPSA) is 88.9 Å². The molecule has 10 heteroatoms. The molecular weight excluding hydrogens is 436 g/mol. The Bertz CT molecular complexity index is 1120. The van der Waals surface area contributed by atoms with Gasteiger partial charge in [0.05, 0.1) is 18.8 Å². The molecule has 1 aliphatic carbocycles. The first kappa shape index (κ1) is 21.9. The van der Waals surface area contributed by atoms with Crippen LogP contribution in [0.1, 0.15) is 30.1 Å². The van der Waals surface area contributed by atoms with Crippen molar-refractivity contribution in [1.29, 1.82) is 0 Å². The Morgan fingerprint density at radius 2 is 1.81 bits per heavy atom. The number of amides is 2. The van der Waals surface area contributed by atoms with Crippen LogP contribution < -0.4 is 10.6 Å². The van der Waals surface area contributed by atoms with E-state index in [0.29, 0.717) is 17.6 Å². The molecular formula is C22H21F2N5O2S. The number of carbonyl (C=O) groups excluding carboxylic acids is 2. The summed E-state index contributed by atoms with van der Waals surface area (Å²) in [4.78, 5) is 24.2. The van der Waals surface area contributed by atoms with Crippen LogP contribution in [-0.4, -0.2) is 38.9 Å². The van der Waals surface area contributed by atoms with E-state index in [2.05, 4.69) is 20.8 Å². The van der Waals surface area contributed by atoms with E-state index in [1.165, 1.54) is 17.8 Å². The molecule has 0 aliphatic heterocycles. The Hall–Kier alpha value is -3.27. The summed E-state index contributed by atoms with van der Waals surface area (Å²) in [5, 5.41) is 14.2. The number of halogens is 2. The van der Waals surface area contributed by atoms with Crippen LogP contribution in [0.4, 0.5) is 14.5 Å². The number of anilines is 1. The molecule has 0 bridgehead atoms. The number of aromatic nitrogens is 3. The Morgan fingerprint density at radius 3 is 2.53 bits per heavy atom. The summed E-state index contributed by atoms with van der Waals surface area (Å²) in [5.41, 5.74) is 1.23. The molecule has 0 atom stereocenters. The second-order valence-electron chi connectivity index (χ2n) is 7.43. The molecule has 0 spiro atoms. The summed E-state index contributed by atoms with van der Waals surface area (Å²) in [6.45, 7) is 0.336. The number of hydrogen-bond acceptors (Lipinski definition) is 5. The zero-order chi connectivity index (χ0) is 22.5. The van der Waals surface area contributed by atoms with Crippen LogP contribution in [0.25, 0.3) is 0 Å². The number of rotatable bonds is 9. The van der Waals surface area contributed by atoms with Gasteiger partial charge in [0.15, 0.2) is 16.8 Å². The number of benzene rings is 2. The highest BCUT2D eigenvalue weighted by molar-refractivity contribution is 7.99. The maximum atomic E-state index is 13.2. The first-order chi connectivity index (χ1) is 15.5. The van der Waals surface area contributed by atoms with Crippen molar-refractivity contribution in [3.05, 3.63) is 71.6 Å². The van der Waals surface area contributed by atoms with Gasteiger partial charge in [-0.1, -0.05) is 42.1 Å². The normalized spacial score (nSPS) is 13.1. The molecule has 2 amide bonds. The lowest BCUT2D eigenvalue weighted by Crippen LogP contribution is -2.34. The lowest BCUT2D eigenvalue weighted by Gasteiger charge is -2.10. The van der Waals surface area contributed by atoms with Crippen molar-refractivity contribution in [2.24, 2.45) is 0 Å². The predicted molar refractivity (Wildman–Crippen MR) is 116 cm³/mol. The maximum Gasteiger partial charge on any atom is 0.243 e. The van der Waals surface area contributed by atoms with Crippen LogP contribution in [0.3, 0.4) is 0 Å². The van der Waals surface area contributed by atoms with Gasteiger partial charge in [0.1, 0.15) is 5.82 Å². The van der Waals surface area contributed by atoms with Gasteiger partial charge >= 0.3 is 0 Å². The lowest BCUT2D eigenvalue weighted by molar-refractivity contribution is -0.122. The zero-order valence-corrected chi connectivity index (χ0v) is 17.9. The summed E-state index contributed by atoms with van der Waals surface area (Å²) >= 11 is 1.25. The van der Waals surface area contributed by atoms with Gasteiger partial charge in [0.25, 0.3) is 0 Å². The van der Waals surface area contributed by atoms with Crippen LogP contribution in [0, 0.1) is 11.6 Å². The Kier molecular flexibility index (Phi) is 6.79. The molecule has 1 aliphatic rings. The van der Waals surface area contributed by atoms with E-state index in [4.69, 9.17) is 0 Å². The van der Waals surface area contributed by atoms with Crippen molar-refractivity contribution in [3.63, 3.8) is 0 Å². The largest absolute Gasteiger partial charge is 0.346 e. The monoisotopic (exact) mass is 457 g/mol. The van der Waals surface area contributed by atoms with Gasteiger partial charge in [-0.05, 0) is 30.5 Å². The maximum absolute atomic E-state index is 13.2. The molecule has 2 aromatic carbocycles. The Balaban J connectivity index is 1.30. The van der Waals surface area contributed by atoms with Crippen LogP contribution in [0.2, 0.25) is 0 Å². The molecule has 4 rings (SSSR count). The highest BCUT2D eigenvalue weighted by atomic mass is 32.2. The third kappa shape index (κ3) is 5.70. The molecule has 0 unspecified atom stereocenters. The fraction of sp³-hybridized carbons (Fsp3) is 0.273. The minimum Gasteiger partial charge on any atom is -0.346 e. The third-order valence-electron chi connectivity index (χ3n) is 4.85. The second kappa shape index (κ2) is 9.90. The fourth-order valence-electron chi connectivity index (χ4n) is 3.10. The minimum absolute atomic E-state index is 0.0655. The van der Waals surface area contributed by atoms with E-state index in [1.54, 1.807) is 0 Å². The van der Waals surface area contributed by atoms with Crippen LogP contribution in [0.5, 0.6) is 0 Å². The number of nitrogens with zero attached hydrogens (tertiary/aromatic N) is 3. The van der Waals surface area contributed by atoms with Gasteiger partial charge in [0, 0.05) is 17.7 Å². The average molecular weight is 458 g/mol. The highest BCUT2D eigenvalue weighted by Gasteiger charge is 2.30. The van der Waals surface area contributed by atoms with Crippen molar-refractivity contribution in [3.8, 4) is 0 Å². The van der Waals surface area contributed by atoms with E-state index >= 15 is 0 Å². The van der Waals surface area contributed by atoms with Gasteiger partial charge in [-0.3, -0.25) is 9.59 Å². The van der Waals surface area contributed by atoms with E-state index < -0.39 is 17.5 Å². The summed E-state index contributed by atoms with van der Waals surface area (Å²) < 4.78 is 28.2. The van der Waals surface area contributed by atoms with E-state index in [0.717, 1.165) is 36.4 Å². The summed E-state index contributed by atoms with van der Waals surface area (Å²) in [6, 6.07) is 13.0. The molecule has 2 N–H and O–H groups in total. The number of carbonyl (C=O) groups is 2. The fourth-order valence-corrected chi connectivity index (χ4v) is 3.88. The average Bonchev–Trinajstić information content (AvgIpc) is 3.56. The Labute approximate surface area is 187 Å². The molecule has 7 nitrogen and oxygen atoms in total. The first-order valence-corrected chi connectivity index (χ1v) is 11.1. The summed E-state index contributed by atoms with van der Waals surface area (Å²) in [5.74, 6) is -1.55. The molecule has 1 heterocycles. The SMILES string of the molecule is O=C(CSc1nnc(C2CC2)n1Cc1ccccc1)NCC(=O)Nc1ccc(F)c(F)c1. The van der Waals surface area contributed by atoms with Gasteiger partial charge < -0.3 is 15.2 Å². The molecule has 32 heavy (non-hydrogen) atoms. The molecule has 1 fully saturated rings. The molecule has 3 aromatic rings. The van der Waals surface area contributed by atoms with Gasteiger partial charge in [-0.2, -0.15) is 0 Å². The highest BCUT2D eigenvalue weighted by Crippen LogP contribution is 2.40. The number of nitrogens with one attached hydrogen (secondary N) is 2. The van der Waals surface area contributed by atoms with E-state index in [9.17, 15) is 18.4 Å². The van der Waals surface area contributed by atoms with Gasteiger partial charge in [-0.15, -0.1) is 10.2 Å². The van der Waals surface area contributed by atoms with E-state index in [-0.39, 0.29) is 23.9 Å². The van der Waals surface area contributed by atoms with Crippen molar-refractivity contribution in [1.82, 2.24) is 20.1 Å². The molecule has 0 radical (unpaired) electrons. The number of thioether (sulfide) groups is 1. The van der Waals surface area contributed by atoms with Crippen molar-refractivity contribution in [2.45, 2.75) is 30.5 Å². The van der Waals surface area contributed by atoms with Gasteiger partial charge in [-0.25, -0.2) is 8.78 Å². The molecule has 0 saturated heterocycles. The zero-order valence-electron chi connectivity index (χ0n) is 17.1. The van der Waals surface area contributed by atoms with Crippen LogP contribution >= 0.6 is 11.8 Å². The van der Waals surface area contributed by atoms with Crippen molar-refractivity contribution in [2.75, 3.05) is 17.6 Å². The molecule has 166 valence electrons. The molecule has 1 saturated carbocycles. The smallest absolute Gasteiger partial charge is 0.243 e. The van der Waals surface area contributed by atoms with Crippen LogP contribution in [0.15, 0.2) is 53.7 Å². The number of hydrogen-bond donors (Lipinski definition) is 2. The second-order valence-corrected chi connectivity index (χ2v) is 8.37. The van der Waals surface area contributed by atoms with Crippen molar-refractivity contribution >= 4 is 29.3 Å². The van der Waals surface area contributed by atoms with Gasteiger partial charge in [0.2, 0.25) is 11.8 Å². The quantitative estimate of drug-likeness (QED) is 0.481. The minimum atomic E-state index is -1.06. The van der Waals surface area contributed by atoms with Crippen LogP contribution in [-0.2, 0) is 16.1 Å². The predicted octanol–water partition coefficient (Wildman–Crippen LogP) is 3.33. The first-order valence-electron chi connectivity index (χ1n) is 10.1. The van der Waals surface area contributed by atoms with E-state index in [1.807, 2.05) is 34.9 Å². The molecule has 1 aromatic heterocycles. The third-order valence-corrected chi connectivity index (χ3v) is 5.82.